The summed E-state index contributed by atoms with van der Waals surface area (Å²) in [5.41, 5.74) is 6.26. The molecule has 1 atom stereocenters. The summed E-state index contributed by atoms with van der Waals surface area (Å²) in [5.74, 6) is -0.118. The second-order valence-electron chi connectivity index (χ2n) is 3.75. The van der Waals surface area contributed by atoms with Crippen molar-refractivity contribution < 1.29 is 9.90 Å². The Bertz CT molecular complexity index is 333. The summed E-state index contributed by atoms with van der Waals surface area (Å²) in [6.07, 6.45) is 0.558. The van der Waals surface area contributed by atoms with E-state index in [4.69, 9.17) is 10.8 Å². The normalized spacial score (nSPS) is 12.7. The van der Waals surface area contributed by atoms with Crippen molar-refractivity contribution in [2.45, 2.75) is 12.5 Å². The van der Waals surface area contributed by atoms with Gasteiger partial charge in [0.1, 0.15) is 5.75 Å². The van der Waals surface area contributed by atoms with E-state index >= 15 is 0 Å². The van der Waals surface area contributed by atoms with Crippen LogP contribution in [0.4, 0.5) is 0 Å². The number of nitrogens with two attached hydrogens (primary N) is 1. The Morgan fingerprint density at radius 3 is 2.33 bits per heavy atom. The van der Waals surface area contributed by atoms with E-state index in [1.807, 2.05) is 14.1 Å². The monoisotopic (exact) mass is 208 g/mol. The van der Waals surface area contributed by atoms with Crippen LogP contribution in [0.2, 0.25) is 0 Å². The fourth-order valence-corrected chi connectivity index (χ4v) is 1.39. The minimum atomic E-state index is -0.340. The molecule has 15 heavy (non-hydrogen) atoms. The molecule has 0 radical (unpaired) electrons. The van der Waals surface area contributed by atoms with Crippen LogP contribution < -0.4 is 5.73 Å². The number of aromatic hydroxyl groups is 1. The third-order valence-corrected chi connectivity index (χ3v) is 2.32. The standard InChI is InChI=1S/C11H16N2O2/c1-13(2)10(11(12)15)7-8-3-5-9(14)6-4-8/h3-6,10,14H,7H2,1-2H3,(H2,12,15)/t10-/m1/s1. The van der Waals surface area contributed by atoms with Gasteiger partial charge in [-0.3, -0.25) is 9.69 Å². The maximum atomic E-state index is 11.1. The molecule has 0 saturated heterocycles. The molecule has 3 N–H and O–H groups in total. The maximum absolute atomic E-state index is 11.1. The fourth-order valence-electron chi connectivity index (χ4n) is 1.39. The SMILES string of the molecule is CN(C)[C@H](Cc1ccc(O)cc1)C(N)=O. The lowest BCUT2D eigenvalue weighted by Gasteiger charge is -2.20. The molecule has 82 valence electrons. The molecule has 1 rings (SSSR count). The summed E-state index contributed by atoms with van der Waals surface area (Å²) >= 11 is 0. The molecule has 0 saturated carbocycles. The van der Waals surface area contributed by atoms with Crippen molar-refractivity contribution in [3.05, 3.63) is 29.8 Å². The number of hydrogen-bond donors (Lipinski definition) is 2. The molecule has 0 fully saturated rings. The first-order chi connectivity index (χ1) is 7.00. The van der Waals surface area contributed by atoms with Crippen LogP contribution >= 0.6 is 0 Å². The minimum Gasteiger partial charge on any atom is -0.508 e. The van der Waals surface area contributed by atoms with E-state index < -0.39 is 0 Å². The van der Waals surface area contributed by atoms with Crippen LogP contribution in [0.25, 0.3) is 0 Å². The quantitative estimate of drug-likeness (QED) is 0.750. The Hall–Kier alpha value is -1.55. The van der Waals surface area contributed by atoms with Gasteiger partial charge in [0.15, 0.2) is 0 Å². The van der Waals surface area contributed by atoms with Crippen molar-refractivity contribution in [3.8, 4) is 5.75 Å². The van der Waals surface area contributed by atoms with Crippen LogP contribution in [0.15, 0.2) is 24.3 Å². The number of phenols is 1. The van der Waals surface area contributed by atoms with Gasteiger partial charge in [0.05, 0.1) is 6.04 Å². The summed E-state index contributed by atoms with van der Waals surface area (Å²) in [4.78, 5) is 12.9. The minimum absolute atomic E-state index is 0.222. The average molecular weight is 208 g/mol. The van der Waals surface area contributed by atoms with Crippen LogP contribution in [0.5, 0.6) is 5.75 Å². The Balaban J connectivity index is 2.74. The number of carbonyl (C=O) groups excluding carboxylic acids is 1. The molecule has 0 aliphatic carbocycles. The van der Waals surface area contributed by atoms with Gasteiger partial charge in [0.25, 0.3) is 0 Å². The highest BCUT2D eigenvalue weighted by Crippen LogP contribution is 2.12. The van der Waals surface area contributed by atoms with Crippen molar-refractivity contribution in [2.75, 3.05) is 14.1 Å². The maximum Gasteiger partial charge on any atom is 0.235 e. The molecular weight excluding hydrogens is 192 g/mol. The first kappa shape index (κ1) is 11.5. The number of primary amides is 1. The Morgan fingerprint density at radius 1 is 1.40 bits per heavy atom. The number of likely N-dealkylation sites (N-methyl/N-ethyl adjacent to an activating group) is 1. The van der Waals surface area contributed by atoms with Gasteiger partial charge in [-0.05, 0) is 38.2 Å². The topological polar surface area (TPSA) is 66.6 Å². The van der Waals surface area contributed by atoms with Crippen LogP contribution in [0, 0.1) is 0 Å². The third kappa shape index (κ3) is 3.25. The molecule has 0 aromatic heterocycles. The highest BCUT2D eigenvalue weighted by atomic mass is 16.3. The lowest BCUT2D eigenvalue weighted by molar-refractivity contribution is -0.122. The molecule has 0 spiro atoms. The first-order valence-corrected chi connectivity index (χ1v) is 4.74. The zero-order chi connectivity index (χ0) is 11.4. The number of hydrogen-bond acceptors (Lipinski definition) is 3. The van der Waals surface area contributed by atoms with Gasteiger partial charge in [0, 0.05) is 0 Å². The van der Waals surface area contributed by atoms with Gasteiger partial charge in [-0.25, -0.2) is 0 Å². The molecule has 0 bridgehead atoms. The van der Waals surface area contributed by atoms with Crippen LogP contribution in [-0.4, -0.2) is 36.1 Å². The number of phenolic OH excluding ortho intramolecular Hbond substituents is 1. The smallest absolute Gasteiger partial charge is 0.235 e. The molecule has 1 aromatic rings. The van der Waals surface area contributed by atoms with Crippen molar-refractivity contribution in [2.24, 2.45) is 5.73 Å². The zero-order valence-corrected chi connectivity index (χ0v) is 8.97. The Kier molecular flexibility index (Phi) is 3.68. The molecule has 0 aliphatic heterocycles. The lowest BCUT2D eigenvalue weighted by Crippen LogP contribution is -2.41. The summed E-state index contributed by atoms with van der Waals surface area (Å²) < 4.78 is 0. The lowest BCUT2D eigenvalue weighted by atomic mass is 10.0. The van der Waals surface area contributed by atoms with E-state index in [-0.39, 0.29) is 17.7 Å². The molecular formula is C11H16N2O2. The summed E-state index contributed by atoms with van der Waals surface area (Å²) in [6.45, 7) is 0. The number of nitrogens with zero attached hydrogens (tertiary/aromatic N) is 1. The van der Waals surface area contributed by atoms with Gasteiger partial charge in [-0.1, -0.05) is 12.1 Å². The average Bonchev–Trinajstić information content (AvgIpc) is 2.15. The van der Waals surface area contributed by atoms with Gasteiger partial charge in [-0.15, -0.1) is 0 Å². The third-order valence-electron chi connectivity index (χ3n) is 2.32. The number of benzene rings is 1. The fraction of sp³-hybridized carbons (Fsp3) is 0.364. The molecule has 4 nitrogen and oxygen atoms in total. The van der Waals surface area contributed by atoms with Gasteiger partial charge in [-0.2, -0.15) is 0 Å². The largest absolute Gasteiger partial charge is 0.508 e. The van der Waals surface area contributed by atoms with Crippen LogP contribution in [-0.2, 0) is 11.2 Å². The molecule has 0 aliphatic rings. The molecule has 0 unspecified atom stereocenters. The van der Waals surface area contributed by atoms with E-state index in [9.17, 15) is 4.79 Å². The Labute approximate surface area is 89.3 Å². The van der Waals surface area contributed by atoms with Crippen LogP contribution in [0.3, 0.4) is 0 Å². The van der Waals surface area contributed by atoms with E-state index in [0.29, 0.717) is 6.42 Å². The first-order valence-electron chi connectivity index (χ1n) is 4.74. The second kappa shape index (κ2) is 4.79. The van der Waals surface area contributed by atoms with Crippen LogP contribution in [0.1, 0.15) is 5.56 Å². The van der Waals surface area contributed by atoms with Gasteiger partial charge < -0.3 is 10.8 Å². The Morgan fingerprint density at radius 2 is 1.93 bits per heavy atom. The summed E-state index contributed by atoms with van der Waals surface area (Å²) in [5, 5.41) is 9.11. The van der Waals surface area contributed by atoms with Crippen molar-refractivity contribution >= 4 is 5.91 Å². The van der Waals surface area contributed by atoms with E-state index in [2.05, 4.69) is 0 Å². The molecule has 0 heterocycles. The van der Waals surface area contributed by atoms with Crippen molar-refractivity contribution in [1.82, 2.24) is 4.90 Å². The van der Waals surface area contributed by atoms with Gasteiger partial charge in [0.2, 0.25) is 5.91 Å². The van der Waals surface area contributed by atoms with E-state index in [1.165, 1.54) is 0 Å². The summed E-state index contributed by atoms with van der Waals surface area (Å²) in [7, 11) is 3.63. The zero-order valence-electron chi connectivity index (χ0n) is 8.97. The molecule has 1 amide bonds. The number of amides is 1. The van der Waals surface area contributed by atoms with Gasteiger partial charge >= 0.3 is 0 Å². The highest BCUT2D eigenvalue weighted by molar-refractivity contribution is 5.80. The predicted molar refractivity (Wildman–Crippen MR) is 58.5 cm³/mol. The van der Waals surface area contributed by atoms with E-state index in [1.54, 1.807) is 29.2 Å². The molecule has 4 heteroatoms. The number of rotatable bonds is 4. The summed E-state index contributed by atoms with van der Waals surface area (Å²) in [6, 6.07) is 6.46. The van der Waals surface area contributed by atoms with Crippen molar-refractivity contribution in [1.29, 1.82) is 0 Å². The molecule has 1 aromatic carbocycles. The highest BCUT2D eigenvalue weighted by Gasteiger charge is 2.17. The second-order valence-corrected chi connectivity index (χ2v) is 3.75. The predicted octanol–water partition coefficient (Wildman–Crippen LogP) is 0.350. The van der Waals surface area contributed by atoms with E-state index in [0.717, 1.165) is 5.56 Å². The number of carbonyl (C=O) groups is 1. The van der Waals surface area contributed by atoms with Crippen molar-refractivity contribution in [3.63, 3.8) is 0 Å².